The van der Waals surface area contributed by atoms with Gasteiger partial charge in [-0.2, -0.15) is 0 Å². The van der Waals surface area contributed by atoms with Crippen LogP contribution in [0.1, 0.15) is 13.8 Å². The van der Waals surface area contributed by atoms with Crippen LogP contribution in [0, 0.1) is 0 Å². The molecule has 0 N–H and O–H groups in total. The first-order chi connectivity index (χ1) is 3.68. The van der Waals surface area contributed by atoms with Crippen molar-refractivity contribution in [2.45, 2.75) is 13.8 Å². The molecule has 9 heavy (non-hydrogen) atoms. The van der Waals surface area contributed by atoms with Crippen LogP contribution in [0.4, 0.5) is 0 Å². The molecule has 0 amide bonds. The van der Waals surface area contributed by atoms with E-state index in [0.717, 1.165) is 0 Å². The van der Waals surface area contributed by atoms with E-state index in [0.29, 0.717) is 12.3 Å². The van der Waals surface area contributed by atoms with Gasteiger partial charge >= 0.3 is 29.6 Å². The molecule has 0 aromatic carbocycles. The van der Waals surface area contributed by atoms with E-state index in [1.54, 1.807) is 0 Å². The van der Waals surface area contributed by atoms with Crippen LogP contribution in [-0.2, 0) is 9.09 Å². The summed E-state index contributed by atoms with van der Waals surface area (Å²) in [5.74, 6) is 0. The third kappa shape index (κ3) is 4.58. The molecule has 0 rings (SSSR count). The molecule has 0 spiro atoms. The zero-order valence-corrected chi connectivity index (χ0v) is 6.57. The van der Waals surface area contributed by atoms with Gasteiger partial charge in [-0.05, 0) is 0 Å². The molecule has 0 aliphatic carbocycles. The second kappa shape index (κ2) is 5.94. The quantitative estimate of drug-likeness (QED) is 0.459. The van der Waals surface area contributed by atoms with Gasteiger partial charge in [0.05, 0.1) is 0 Å². The SMILES string of the molecule is CCP(=O)(CC)OC.[NaH]. The standard InChI is InChI=1S/C5H13O2P.Na.H/c1-4-8(6,5-2)7-3;;/h4-5H2,1-3H3;;. The van der Waals surface area contributed by atoms with Crippen molar-refractivity contribution in [3.8, 4) is 0 Å². The molecule has 0 aliphatic heterocycles. The Hall–Kier alpha value is 1.19. The summed E-state index contributed by atoms with van der Waals surface area (Å²) in [6.45, 7) is 3.77. The Morgan fingerprint density at radius 2 is 1.67 bits per heavy atom. The van der Waals surface area contributed by atoms with E-state index in [2.05, 4.69) is 0 Å². The summed E-state index contributed by atoms with van der Waals surface area (Å²) in [6.07, 6.45) is 1.31. The molecule has 0 bridgehead atoms. The molecule has 0 saturated carbocycles. The van der Waals surface area contributed by atoms with E-state index in [9.17, 15) is 4.57 Å². The second-order valence-electron chi connectivity index (χ2n) is 1.63. The van der Waals surface area contributed by atoms with Crippen molar-refractivity contribution in [3.63, 3.8) is 0 Å². The van der Waals surface area contributed by atoms with Crippen molar-refractivity contribution in [2.75, 3.05) is 19.4 Å². The fourth-order valence-electron chi connectivity index (χ4n) is 0.482. The maximum atomic E-state index is 11.1. The predicted octanol–water partition coefficient (Wildman–Crippen LogP) is 1.30. The molecule has 2 nitrogen and oxygen atoms in total. The Bertz CT molecular complexity index is 86.1. The third-order valence-electron chi connectivity index (χ3n) is 1.30. The molecule has 0 aromatic rings. The minimum atomic E-state index is -2.16. The van der Waals surface area contributed by atoms with Crippen LogP contribution in [0.5, 0.6) is 0 Å². The molecule has 0 aliphatic rings. The van der Waals surface area contributed by atoms with E-state index in [1.807, 2.05) is 13.8 Å². The molecule has 0 unspecified atom stereocenters. The fraction of sp³-hybridized carbons (Fsp3) is 1.00. The van der Waals surface area contributed by atoms with Crippen molar-refractivity contribution in [3.05, 3.63) is 0 Å². The average Bonchev–Trinajstić information content (AvgIpc) is 1.87. The monoisotopic (exact) mass is 160 g/mol. The van der Waals surface area contributed by atoms with Crippen LogP contribution < -0.4 is 0 Å². The maximum absolute atomic E-state index is 11.1. The Labute approximate surface area is 79.1 Å². The summed E-state index contributed by atoms with van der Waals surface area (Å²) in [6, 6.07) is 0. The average molecular weight is 160 g/mol. The van der Waals surface area contributed by atoms with Gasteiger partial charge in [-0.15, -0.1) is 0 Å². The molecule has 0 atom stereocenters. The first-order valence-electron chi connectivity index (χ1n) is 2.82. The number of rotatable bonds is 3. The molecule has 0 fully saturated rings. The van der Waals surface area contributed by atoms with Gasteiger partial charge in [0.1, 0.15) is 0 Å². The summed E-state index contributed by atoms with van der Waals surface area (Å²) in [5, 5.41) is 0. The van der Waals surface area contributed by atoms with Crippen LogP contribution in [0.15, 0.2) is 0 Å². The van der Waals surface area contributed by atoms with Crippen molar-refractivity contribution < 1.29 is 9.09 Å². The Morgan fingerprint density at radius 3 is 1.67 bits per heavy atom. The summed E-state index contributed by atoms with van der Waals surface area (Å²) in [7, 11) is -0.654. The topological polar surface area (TPSA) is 26.3 Å². The number of hydrogen-bond donors (Lipinski definition) is 0. The Morgan fingerprint density at radius 1 is 1.33 bits per heavy atom. The molecule has 52 valence electrons. The minimum absolute atomic E-state index is 0. The molecular weight excluding hydrogens is 146 g/mol. The van der Waals surface area contributed by atoms with Crippen LogP contribution in [0.25, 0.3) is 0 Å². The van der Waals surface area contributed by atoms with Crippen molar-refractivity contribution in [2.24, 2.45) is 0 Å². The normalized spacial score (nSPS) is 10.6. The van der Waals surface area contributed by atoms with Gasteiger partial charge in [-0.25, -0.2) is 0 Å². The molecule has 0 heterocycles. The van der Waals surface area contributed by atoms with Crippen LogP contribution in [0.2, 0.25) is 0 Å². The van der Waals surface area contributed by atoms with Gasteiger partial charge < -0.3 is 4.52 Å². The van der Waals surface area contributed by atoms with E-state index >= 15 is 0 Å². The Kier molecular flexibility index (Phi) is 8.46. The number of hydrogen-bond acceptors (Lipinski definition) is 2. The molecular formula is C5H14NaO2P. The summed E-state index contributed by atoms with van der Waals surface area (Å²) < 4.78 is 15.9. The van der Waals surface area contributed by atoms with Gasteiger partial charge in [0.15, 0.2) is 0 Å². The van der Waals surface area contributed by atoms with Crippen molar-refractivity contribution in [1.82, 2.24) is 0 Å². The third-order valence-corrected chi connectivity index (χ3v) is 3.89. The Balaban J connectivity index is 0. The van der Waals surface area contributed by atoms with Crippen LogP contribution in [-0.4, -0.2) is 49.0 Å². The fourth-order valence-corrected chi connectivity index (χ4v) is 1.45. The van der Waals surface area contributed by atoms with Gasteiger partial charge in [0.25, 0.3) is 0 Å². The summed E-state index contributed by atoms with van der Waals surface area (Å²) in [5.41, 5.74) is 0. The summed E-state index contributed by atoms with van der Waals surface area (Å²) in [4.78, 5) is 0. The van der Waals surface area contributed by atoms with Gasteiger partial charge in [-0.3, -0.25) is 4.57 Å². The zero-order chi connectivity index (χ0) is 6.62. The molecule has 4 heteroatoms. The van der Waals surface area contributed by atoms with Crippen LogP contribution in [0.3, 0.4) is 0 Å². The first kappa shape index (κ1) is 12.8. The predicted molar refractivity (Wildman–Crippen MR) is 42.8 cm³/mol. The van der Waals surface area contributed by atoms with E-state index in [-0.39, 0.29) is 29.6 Å². The summed E-state index contributed by atoms with van der Waals surface area (Å²) >= 11 is 0. The zero-order valence-electron chi connectivity index (χ0n) is 5.68. The van der Waals surface area contributed by atoms with Gasteiger partial charge in [0, 0.05) is 19.4 Å². The van der Waals surface area contributed by atoms with Gasteiger partial charge in [-0.1, -0.05) is 13.8 Å². The first-order valence-corrected chi connectivity index (χ1v) is 4.82. The van der Waals surface area contributed by atoms with Crippen LogP contribution >= 0.6 is 7.37 Å². The van der Waals surface area contributed by atoms with Gasteiger partial charge in [0.2, 0.25) is 7.37 Å². The van der Waals surface area contributed by atoms with Crippen molar-refractivity contribution >= 4 is 36.9 Å². The molecule has 0 radical (unpaired) electrons. The van der Waals surface area contributed by atoms with E-state index < -0.39 is 7.37 Å². The molecule has 0 aromatic heterocycles. The molecule has 0 saturated heterocycles. The van der Waals surface area contributed by atoms with E-state index in [1.165, 1.54) is 7.11 Å². The van der Waals surface area contributed by atoms with Crippen molar-refractivity contribution in [1.29, 1.82) is 0 Å². The van der Waals surface area contributed by atoms with E-state index in [4.69, 9.17) is 4.52 Å². The second-order valence-corrected chi connectivity index (χ2v) is 4.89.